The highest BCUT2D eigenvalue weighted by atomic mass is 28.4. The quantitative estimate of drug-likeness (QED) is 0.184. The summed E-state index contributed by atoms with van der Waals surface area (Å²) in [6.45, 7) is 16.5. The van der Waals surface area contributed by atoms with E-state index in [1.165, 1.54) is 0 Å². The van der Waals surface area contributed by atoms with Crippen LogP contribution in [0.15, 0.2) is 35.5 Å². The number of nitrogens with zero attached hydrogens (tertiary/aromatic N) is 3. The fourth-order valence-electron chi connectivity index (χ4n) is 3.61. The largest absolute Gasteiger partial charge is 0.417 e. The molecule has 1 aliphatic rings. The molecule has 0 radical (unpaired) electrons. The second-order valence-electron chi connectivity index (χ2n) is 10.7. The number of nitrogens with two attached hydrogens (primary N) is 1. The van der Waals surface area contributed by atoms with E-state index in [1.54, 1.807) is 6.21 Å². The molecule has 1 fully saturated rings. The number of hydrogen-bond donors (Lipinski definition) is 1. The van der Waals surface area contributed by atoms with Gasteiger partial charge in [-0.1, -0.05) is 56.3 Å². The van der Waals surface area contributed by atoms with Gasteiger partial charge in [-0.15, -0.1) is 0 Å². The number of carbonyl (C=O) groups is 1. The second-order valence-corrected chi connectivity index (χ2v) is 15.5. The molecular weight excluding hydrogens is 444 g/mol. The number of amides is 1. The van der Waals surface area contributed by atoms with E-state index in [-0.39, 0.29) is 17.0 Å². The van der Waals surface area contributed by atoms with E-state index in [0.717, 1.165) is 64.0 Å². The van der Waals surface area contributed by atoms with Crippen LogP contribution in [0, 0.1) is 0 Å². The number of rotatable bonds is 14. The van der Waals surface area contributed by atoms with Gasteiger partial charge in [0.05, 0.1) is 12.8 Å². The van der Waals surface area contributed by atoms with Crippen LogP contribution in [0.5, 0.6) is 0 Å². The zero-order valence-corrected chi connectivity index (χ0v) is 23.0. The number of hydrogen-bond acceptors (Lipinski definition) is 6. The van der Waals surface area contributed by atoms with Crippen LogP contribution < -0.4 is 5.73 Å². The van der Waals surface area contributed by atoms with Crippen molar-refractivity contribution in [1.29, 1.82) is 0 Å². The maximum absolute atomic E-state index is 12.4. The summed E-state index contributed by atoms with van der Waals surface area (Å²) in [6, 6.07) is 9.97. The van der Waals surface area contributed by atoms with Crippen LogP contribution in [0.4, 0.5) is 0 Å². The van der Waals surface area contributed by atoms with Gasteiger partial charge in [-0.2, -0.15) is 0 Å². The van der Waals surface area contributed by atoms with E-state index in [1.807, 2.05) is 35.2 Å². The molecule has 2 rings (SSSR count). The molecule has 1 unspecified atom stereocenters. The highest BCUT2D eigenvalue weighted by Gasteiger charge is 2.36. The molecule has 1 aromatic rings. The maximum Gasteiger partial charge on any atom is 0.236 e. The van der Waals surface area contributed by atoms with Crippen LogP contribution in [0.1, 0.15) is 52.0 Å². The molecule has 0 spiro atoms. The third-order valence-electron chi connectivity index (χ3n) is 6.95. The molecular formula is C26H46N4O3Si. The van der Waals surface area contributed by atoms with Crippen LogP contribution in [0.3, 0.4) is 0 Å². The molecule has 0 aliphatic carbocycles. The molecule has 1 atom stereocenters. The van der Waals surface area contributed by atoms with Crippen LogP contribution in [-0.2, 0) is 14.1 Å². The zero-order valence-electron chi connectivity index (χ0n) is 22.0. The van der Waals surface area contributed by atoms with Crippen molar-refractivity contribution < 1.29 is 14.1 Å². The molecule has 0 bridgehead atoms. The molecule has 8 heteroatoms. The summed E-state index contributed by atoms with van der Waals surface area (Å²) in [5.74, 6) is 0.196. The van der Waals surface area contributed by atoms with Crippen molar-refractivity contribution in [1.82, 2.24) is 9.80 Å². The number of piperazine rings is 1. The summed E-state index contributed by atoms with van der Waals surface area (Å²) in [4.78, 5) is 22.5. The summed E-state index contributed by atoms with van der Waals surface area (Å²) < 4.78 is 6.35. The van der Waals surface area contributed by atoms with Gasteiger partial charge in [-0.25, -0.2) is 0 Å². The molecule has 1 aromatic carbocycles. The van der Waals surface area contributed by atoms with E-state index in [9.17, 15) is 4.79 Å². The normalized spacial score (nSPS) is 16.9. The van der Waals surface area contributed by atoms with Gasteiger partial charge in [0.15, 0.2) is 8.32 Å². The lowest BCUT2D eigenvalue weighted by molar-refractivity contribution is -0.136. The van der Waals surface area contributed by atoms with Gasteiger partial charge < -0.3 is 19.9 Å². The van der Waals surface area contributed by atoms with E-state index >= 15 is 0 Å². The van der Waals surface area contributed by atoms with E-state index in [4.69, 9.17) is 15.0 Å². The van der Waals surface area contributed by atoms with Crippen molar-refractivity contribution >= 4 is 20.4 Å². The Balaban J connectivity index is 1.85. The van der Waals surface area contributed by atoms with Crippen molar-refractivity contribution in [3.63, 3.8) is 0 Å². The summed E-state index contributed by atoms with van der Waals surface area (Å²) in [7, 11) is -1.74. The Morgan fingerprint density at radius 2 is 1.85 bits per heavy atom. The van der Waals surface area contributed by atoms with Gasteiger partial charge in [-0.05, 0) is 55.9 Å². The van der Waals surface area contributed by atoms with Gasteiger partial charge in [0.2, 0.25) is 5.91 Å². The molecule has 2 N–H and O–H groups in total. The van der Waals surface area contributed by atoms with Gasteiger partial charge >= 0.3 is 0 Å². The van der Waals surface area contributed by atoms with Crippen molar-refractivity contribution in [3.05, 3.63) is 35.9 Å². The number of carbonyl (C=O) groups excluding carboxylic acids is 1. The molecule has 0 aromatic heterocycles. The van der Waals surface area contributed by atoms with Crippen LogP contribution >= 0.6 is 0 Å². The first kappa shape index (κ1) is 28.5. The first-order valence-corrected chi connectivity index (χ1v) is 15.6. The topological polar surface area (TPSA) is 80.4 Å². The Labute approximate surface area is 207 Å². The molecule has 1 aliphatic heterocycles. The van der Waals surface area contributed by atoms with E-state index in [2.05, 4.69) is 43.9 Å². The SMILES string of the molecule is CC(C)(C)[Si](C)(C)OCCCC(CCN1CCN(CCCN)C(=O)C1)O/N=C/c1ccccc1. The highest BCUT2D eigenvalue weighted by molar-refractivity contribution is 6.74. The highest BCUT2D eigenvalue weighted by Crippen LogP contribution is 2.36. The van der Waals surface area contributed by atoms with Gasteiger partial charge in [0.1, 0.15) is 6.10 Å². The van der Waals surface area contributed by atoms with E-state index < -0.39 is 8.32 Å². The number of benzene rings is 1. The lowest BCUT2D eigenvalue weighted by atomic mass is 10.1. The average Bonchev–Trinajstić information content (AvgIpc) is 2.79. The maximum atomic E-state index is 12.4. The first-order valence-electron chi connectivity index (χ1n) is 12.7. The molecule has 34 heavy (non-hydrogen) atoms. The minimum absolute atomic E-state index is 0.00616. The molecule has 0 saturated carbocycles. The molecule has 7 nitrogen and oxygen atoms in total. The third-order valence-corrected chi connectivity index (χ3v) is 11.5. The lowest BCUT2D eigenvalue weighted by Gasteiger charge is -2.36. The molecule has 1 heterocycles. The number of oxime groups is 1. The summed E-state index contributed by atoms with van der Waals surface area (Å²) in [5.41, 5.74) is 6.61. The predicted molar refractivity (Wildman–Crippen MR) is 143 cm³/mol. The van der Waals surface area contributed by atoms with Gasteiger partial charge in [-0.3, -0.25) is 9.69 Å². The minimum Gasteiger partial charge on any atom is -0.417 e. The van der Waals surface area contributed by atoms with E-state index in [0.29, 0.717) is 13.1 Å². The Kier molecular flexibility index (Phi) is 11.7. The van der Waals surface area contributed by atoms with Gasteiger partial charge in [0.25, 0.3) is 0 Å². The van der Waals surface area contributed by atoms with Crippen molar-refractivity contribution in [3.8, 4) is 0 Å². The van der Waals surface area contributed by atoms with Crippen molar-refractivity contribution in [2.75, 3.05) is 45.9 Å². The van der Waals surface area contributed by atoms with Crippen molar-refractivity contribution in [2.24, 2.45) is 10.9 Å². The molecule has 1 saturated heterocycles. The summed E-state index contributed by atoms with van der Waals surface area (Å²) in [6.07, 6.45) is 5.27. The van der Waals surface area contributed by atoms with Crippen LogP contribution in [0.2, 0.25) is 18.1 Å². The predicted octanol–water partition coefficient (Wildman–Crippen LogP) is 4.09. The second kappa shape index (κ2) is 14.0. The standard InChI is InChI=1S/C26H46N4O3Si/c1-26(2,3)34(4,5)32-20-9-13-24(33-28-21-23-11-7-6-8-12-23)14-17-29-18-19-30(16-10-15-27)25(31)22-29/h6-8,11-12,21,24H,9-10,13-20,22,27H2,1-5H3/b28-21+. The summed E-state index contributed by atoms with van der Waals surface area (Å²) in [5, 5.41) is 4.48. The monoisotopic (exact) mass is 490 g/mol. The fourth-order valence-corrected chi connectivity index (χ4v) is 4.70. The van der Waals surface area contributed by atoms with Crippen molar-refractivity contribution in [2.45, 2.75) is 70.7 Å². The van der Waals surface area contributed by atoms with Gasteiger partial charge in [0, 0.05) is 32.8 Å². The summed E-state index contributed by atoms with van der Waals surface area (Å²) >= 11 is 0. The minimum atomic E-state index is -1.74. The fraction of sp³-hybridized carbons (Fsp3) is 0.692. The van der Waals surface area contributed by atoms with Crippen LogP contribution in [0.25, 0.3) is 0 Å². The zero-order chi connectivity index (χ0) is 25.0. The Morgan fingerprint density at radius 3 is 2.50 bits per heavy atom. The smallest absolute Gasteiger partial charge is 0.236 e. The molecule has 192 valence electrons. The Bertz CT molecular complexity index is 752. The average molecular weight is 491 g/mol. The van der Waals surface area contributed by atoms with Crippen LogP contribution in [-0.4, -0.2) is 82.2 Å². The first-order chi connectivity index (χ1) is 16.1. The lowest BCUT2D eigenvalue weighted by Crippen LogP contribution is -2.51. The molecule has 1 amide bonds. The Morgan fingerprint density at radius 1 is 1.12 bits per heavy atom. The Hall–Kier alpha value is -1.74. The third kappa shape index (κ3) is 9.86.